The largest absolute Gasteiger partial charge is 0.490 e. The molecule has 1 saturated heterocycles. The van der Waals surface area contributed by atoms with Gasteiger partial charge in [0.25, 0.3) is 5.91 Å². The SMILES string of the molecule is CCOc1cc2c(cc1OCC)[C@H]1[C@@H](C(=O)N3CCN(C)CC3)c3ccccc3C(=O)N1CC2. The maximum Gasteiger partial charge on any atom is 0.254 e. The molecule has 2 amide bonds. The van der Waals surface area contributed by atoms with E-state index < -0.39 is 5.92 Å². The third-order valence-electron chi connectivity index (χ3n) is 7.27. The van der Waals surface area contributed by atoms with E-state index in [9.17, 15) is 9.59 Å². The Bertz CT molecular complexity index is 1090. The van der Waals surface area contributed by atoms with Crippen LogP contribution in [0.1, 0.15) is 52.9 Å². The molecule has 2 atom stereocenters. The van der Waals surface area contributed by atoms with Gasteiger partial charge in [0, 0.05) is 38.3 Å². The van der Waals surface area contributed by atoms with Crippen LogP contribution < -0.4 is 9.47 Å². The molecule has 2 aromatic carbocycles. The van der Waals surface area contributed by atoms with Gasteiger partial charge in [0.15, 0.2) is 11.5 Å². The minimum absolute atomic E-state index is 0.000483. The Morgan fingerprint density at radius 2 is 1.62 bits per heavy atom. The van der Waals surface area contributed by atoms with Crippen LogP contribution in [0.5, 0.6) is 11.5 Å². The summed E-state index contributed by atoms with van der Waals surface area (Å²) in [7, 11) is 2.08. The van der Waals surface area contributed by atoms with Crippen LogP contribution in [0.25, 0.3) is 0 Å². The zero-order valence-electron chi connectivity index (χ0n) is 20.3. The van der Waals surface area contributed by atoms with Crippen LogP contribution in [-0.2, 0) is 11.2 Å². The molecule has 0 spiro atoms. The molecule has 5 rings (SSSR count). The molecule has 1 fully saturated rings. The topological polar surface area (TPSA) is 62.3 Å². The minimum Gasteiger partial charge on any atom is -0.490 e. The van der Waals surface area contributed by atoms with E-state index in [1.165, 1.54) is 0 Å². The summed E-state index contributed by atoms with van der Waals surface area (Å²) in [5.41, 5.74) is 3.59. The summed E-state index contributed by atoms with van der Waals surface area (Å²) in [6.45, 7) is 8.66. The Labute approximate surface area is 201 Å². The zero-order chi connectivity index (χ0) is 23.8. The molecule has 0 bridgehead atoms. The van der Waals surface area contributed by atoms with Crippen molar-refractivity contribution in [2.75, 3.05) is 53.0 Å². The summed E-state index contributed by atoms with van der Waals surface area (Å²) in [6.07, 6.45) is 0.724. The highest BCUT2D eigenvalue weighted by Crippen LogP contribution is 2.49. The lowest BCUT2D eigenvalue weighted by atomic mass is 9.75. The maximum atomic E-state index is 14.1. The molecule has 0 aliphatic carbocycles. The van der Waals surface area contributed by atoms with Crippen LogP contribution in [0.3, 0.4) is 0 Å². The fourth-order valence-electron chi connectivity index (χ4n) is 5.56. The van der Waals surface area contributed by atoms with Crippen LogP contribution in [0, 0.1) is 0 Å². The van der Waals surface area contributed by atoms with E-state index in [1.54, 1.807) is 0 Å². The average molecular weight is 464 g/mol. The molecular formula is C27H33N3O4. The molecule has 2 aromatic rings. The highest BCUT2D eigenvalue weighted by molar-refractivity contribution is 6.01. The number of likely N-dealkylation sites (N-methyl/N-ethyl adjacent to an activating group) is 1. The zero-order valence-corrected chi connectivity index (χ0v) is 20.3. The van der Waals surface area contributed by atoms with Gasteiger partial charge in [-0.05, 0) is 62.2 Å². The van der Waals surface area contributed by atoms with Gasteiger partial charge >= 0.3 is 0 Å². The number of rotatable bonds is 5. The number of hydrogen-bond donors (Lipinski definition) is 0. The lowest BCUT2D eigenvalue weighted by Gasteiger charge is -2.47. The van der Waals surface area contributed by atoms with Crippen LogP contribution in [-0.4, -0.2) is 79.5 Å². The smallest absolute Gasteiger partial charge is 0.254 e. The Hall–Kier alpha value is -3.06. The Morgan fingerprint density at radius 1 is 0.941 bits per heavy atom. The Morgan fingerprint density at radius 3 is 2.32 bits per heavy atom. The quantitative estimate of drug-likeness (QED) is 0.682. The second kappa shape index (κ2) is 9.29. The van der Waals surface area contributed by atoms with Crippen molar-refractivity contribution < 1.29 is 19.1 Å². The Balaban J connectivity index is 1.63. The highest BCUT2D eigenvalue weighted by atomic mass is 16.5. The monoisotopic (exact) mass is 463 g/mol. The maximum absolute atomic E-state index is 14.1. The molecular weight excluding hydrogens is 430 g/mol. The summed E-state index contributed by atoms with van der Waals surface area (Å²) in [5.74, 6) is 1.05. The van der Waals surface area contributed by atoms with Crippen molar-refractivity contribution in [2.45, 2.75) is 32.2 Å². The van der Waals surface area contributed by atoms with Gasteiger partial charge in [-0.2, -0.15) is 0 Å². The van der Waals surface area contributed by atoms with E-state index in [0.29, 0.717) is 44.2 Å². The van der Waals surface area contributed by atoms with Gasteiger partial charge in [0.2, 0.25) is 5.91 Å². The van der Waals surface area contributed by atoms with Crippen LogP contribution in [0.15, 0.2) is 36.4 Å². The molecule has 3 heterocycles. The van der Waals surface area contributed by atoms with Crippen molar-refractivity contribution in [3.8, 4) is 11.5 Å². The first-order valence-electron chi connectivity index (χ1n) is 12.3. The third-order valence-corrected chi connectivity index (χ3v) is 7.27. The van der Waals surface area contributed by atoms with Gasteiger partial charge in [-0.25, -0.2) is 0 Å². The fraction of sp³-hybridized carbons (Fsp3) is 0.481. The fourth-order valence-corrected chi connectivity index (χ4v) is 5.56. The summed E-state index contributed by atoms with van der Waals surface area (Å²) in [5, 5.41) is 0. The van der Waals surface area contributed by atoms with Crippen molar-refractivity contribution in [1.82, 2.24) is 14.7 Å². The van der Waals surface area contributed by atoms with Gasteiger partial charge in [-0.3, -0.25) is 9.59 Å². The lowest BCUT2D eigenvalue weighted by Crippen LogP contribution is -2.54. The number of nitrogens with zero attached hydrogens (tertiary/aromatic N) is 3. The van der Waals surface area contributed by atoms with E-state index in [4.69, 9.17) is 9.47 Å². The number of ether oxygens (including phenoxy) is 2. The van der Waals surface area contributed by atoms with Crippen molar-refractivity contribution in [1.29, 1.82) is 0 Å². The third kappa shape index (κ3) is 3.82. The summed E-state index contributed by atoms with van der Waals surface area (Å²) in [4.78, 5) is 33.8. The second-order valence-corrected chi connectivity index (χ2v) is 9.25. The molecule has 3 aliphatic rings. The first-order valence-corrected chi connectivity index (χ1v) is 12.3. The summed E-state index contributed by atoms with van der Waals surface area (Å²) >= 11 is 0. The predicted octanol–water partition coefficient (Wildman–Crippen LogP) is 3.09. The molecule has 7 heteroatoms. The minimum atomic E-state index is -0.441. The molecule has 0 radical (unpaired) electrons. The van der Waals surface area contributed by atoms with E-state index in [2.05, 4.69) is 11.9 Å². The molecule has 0 unspecified atom stereocenters. The number of carbonyl (C=O) groups is 2. The van der Waals surface area contributed by atoms with Gasteiger partial charge in [-0.15, -0.1) is 0 Å². The molecule has 7 nitrogen and oxygen atoms in total. The van der Waals surface area contributed by atoms with Gasteiger partial charge in [0.1, 0.15) is 0 Å². The normalized spacial score (nSPS) is 22.0. The van der Waals surface area contributed by atoms with Crippen molar-refractivity contribution in [2.24, 2.45) is 0 Å². The van der Waals surface area contributed by atoms with E-state index in [-0.39, 0.29) is 17.9 Å². The van der Waals surface area contributed by atoms with Crippen molar-refractivity contribution >= 4 is 11.8 Å². The average Bonchev–Trinajstić information content (AvgIpc) is 2.85. The first-order chi connectivity index (χ1) is 16.5. The summed E-state index contributed by atoms with van der Waals surface area (Å²) < 4.78 is 11.8. The lowest BCUT2D eigenvalue weighted by molar-refractivity contribution is -0.136. The number of fused-ring (bicyclic) bond motifs is 4. The highest BCUT2D eigenvalue weighted by Gasteiger charge is 2.47. The van der Waals surface area contributed by atoms with Crippen LogP contribution in [0.4, 0.5) is 0 Å². The first kappa shape index (κ1) is 22.7. The molecule has 3 aliphatic heterocycles. The van der Waals surface area contributed by atoms with E-state index >= 15 is 0 Å². The molecule has 0 saturated carbocycles. The molecule has 180 valence electrons. The van der Waals surface area contributed by atoms with Crippen molar-refractivity contribution in [3.63, 3.8) is 0 Å². The van der Waals surface area contributed by atoms with Gasteiger partial charge in [-0.1, -0.05) is 18.2 Å². The van der Waals surface area contributed by atoms with Crippen LogP contribution in [0.2, 0.25) is 0 Å². The van der Waals surface area contributed by atoms with Crippen molar-refractivity contribution in [3.05, 3.63) is 58.7 Å². The van der Waals surface area contributed by atoms with Gasteiger partial charge < -0.3 is 24.2 Å². The van der Waals surface area contributed by atoms with E-state index in [1.807, 2.05) is 60.0 Å². The number of amides is 2. The molecule has 0 aromatic heterocycles. The standard InChI is InChI=1S/C27H33N3O4/c1-4-33-22-16-18-10-11-30-25(21(18)17-23(22)34-5-2)24(19-8-6-7-9-20(19)26(30)31)27(32)29-14-12-28(3)13-15-29/h6-9,16-17,24-25H,4-5,10-15H2,1-3H3/t24-,25-/m0/s1. The predicted molar refractivity (Wildman–Crippen MR) is 130 cm³/mol. The van der Waals surface area contributed by atoms with Gasteiger partial charge in [0.05, 0.1) is 25.2 Å². The van der Waals surface area contributed by atoms with E-state index in [0.717, 1.165) is 42.0 Å². The second-order valence-electron chi connectivity index (χ2n) is 9.25. The number of piperazine rings is 1. The summed E-state index contributed by atoms with van der Waals surface area (Å²) in [6, 6.07) is 11.3. The number of benzene rings is 2. The molecule has 34 heavy (non-hydrogen) atoms. The number of hydrogen-bond acceptors (Lipinski definition) is 5. The van der Waals surface area contributed by atoms with Crippen LogP contribution >= 0.6 is 0 Å². The Kier molecular flexibility index (Phi) is 6.21. The molecule has 0 N–H and O–H groups in total. The number of carbonyl (C=O) groups excluding carboxylic acids is 2.